The van der Waals surface area contributed by atoms with Crippen LogP contribution in [0.5, 0.6) is 11.5 Å². The van der Waals surface area contributed by atoms with E-state index in [-0.39, 0.29) is 5.75 Å². The van der Waals surface area contributed by atoms with Gasteiger partial charge in [0, 0.05) is 24.3 Å². The van der Waals surface area contributed by atoms with Gasteiger partial charge in [-0.15, -0.1) is 0 Å². The zero-order chi connectivity index (χ0) is 15.1. The summed E-state index contributed by atoms with van der Waals surface area (Å²) in [6.07, 6.45) is 6.73. The van der Waals surface area contributed by atoms with E-state index in [0.717, 1.165) is 37.9 Å². The van der Waals surface area contributed by atoms with Gasteiger partial charge in [-0.1, -0.05) is 13.3 Å². The molecule has 1 aliphatic rings. The number of rotatable bonds is 7. The number of nitrogens with one attached hydrogen (secondary N) is 1. The second kappa shape index (κ2) is 8.13. The number of anilines is 1. The van der Waals surface area contributed by atoms with Crippen molar-refractivity contribution in [2.75, 3.05) is 18.5 Å². The van der Waals surface area contributed by atoms with Crippen molar-refractivity contribution in [3.63, 3.8) is 0 Å². The van der Waals surface area contributed by atoms with Crippen molar-refractivity contribution in [1.29, 1.82) is 0 Å². The van der Waals surface area contributed by atoms with Gasteiger partial charge in [0.05, 0.1) is 6.61 Å². The molecule has 4 N–H and O–H groups in total. The maximum absolute atomic E-state index is 9.98. The van der Waals surface area contributed by atoms with Crippen LogP contribution in [-0.2, 0) is 0 Å². The van der Waals surface area contributed by atoms with Gasteiger partial charge in [0.1, 0.15) is 0 Å². The highest BCUT2D eigenvalue weighted by Gasteiger charge is 2.18. The first-order valence-corrected chi connectivity index (χ1v) is 8.14. The van der Waals surface area contributed by atoms with Gasteiger partial charge in [0.15, 0.2) is 11.5 Å². The lowest BCUT2D eigenvalue weighted by atomic mass is 9.86. The molecule has 0 bridgehead atoms. The minimum atomic E-state index is 0.210. The van der Waals surface area contributed by atoms with E-state index in [1.165, 1.54) is 12.8 Å². The lowest BCUT2D eigenvalue weighted by Crippen LogP contribution is -2.29. The summed E-state index contributed by atoms with van der Waals surface area (Å²) < 4.78 is 5.55. The fraction of sp³-hybridized carbons (Fsp3) is 0.647. The predicted octanol–water partition coefficient (Wildman–Crippen LogP) is 3.50. The number of ether oxygens (including phenoxy) is 1. The van der Waals surface area contributed by atoms with Crippen molar-refractivity contribution in [3.8, 4) is 11.5 Å². The molecule has 0 radical (unpaired) electrons. The highest BCUT2D eigenvalue weighted by Crippen LogP contribution is 2.30. The topological polar surface area (TPSA) is 67.5 Å². The quantitative estimate of drug-likeness (QED) is 0.673. The molecule has 4 heteroatoms. The van der Waals surface area contributed by atoms with Gasteiger partial charge in [-0.25, -0.2) is 0 Å². The zero-order valence-electron chi connectivity index (χ0n) is 13.0. The molecule has 21 heavy (non-hydrogen) atoms. The Hall–Kier alpha value is -1.42. The van der Waals surface area contributed by atoms with Gasteiger partial charge >= 0.3 is 0 Å². The van der Waals surface area contributed by atoms with Gasteiger partial charge in [0.25, 0.3) is 0 Å². The third-order valence-corrected chi connectivity index (χ3v) is 4.20. The van der Waals surface area contributed by atoms with E-state index in [1.807, 2.05) is 12.1 Å². The number of phenols is 1. The zero-order valence-corrected chi connectivity index (χ0v) is 13.0. The normalized spacial score (nSPS) is 22.0. The molecule has 0 saturated heterocycles. The molecule has 0 spiro atoms. The van der Waals surface area contributed by atoms with E-state index in [1.54, 1.807) is 6.07 Å². The van der Waals surface area contributed by atoms with Crippen LogP contribution in [0.1, 0.15) is 45.4 Å². The first-order chi connectivity index (χ1) is 10.2. The second-order valence-corrected chi connectivity index (χ2v) is 6.05. The molecule has 4 nitrogen and oxygen atoms in total. The lowest BCUT2D eigenvalue weighted by Gasteiger charge is -2.26. The Bertz CT molecular complexity index is 429. The Labute approximate surface area is 127 Å². The smallest absolute Gasteiger partial charge is 0.161 e. The van der Waals surface area contributed by atoms with E-state index in [0.29, 0.717) is 24.3 Å². The number of hydrogen-bond acceptors (Lipinski definition) is 4. The first kappa shape index (κ1) is 16.0. The molecular formula is C17H28N2O2. The fourth-order valence-electron chi connectivity index (χ4n) is 2.73. The van der Waals surface area contributed by atoms with Crippen molar-refractivity contribution in [1.82, 2.24) is 0 Å². The van der Waals surface area contributed by atoms with Gasteiger partial charge in [-0.2, -0.15) is 0 Å². The Morgan fingerprint density at radius 1 is 1.29 bits per heavy atom. The number of benzene rings is 1. The highest BCUT2D eigenvalue weighted by molar-refractivity contribution is 5.54. The molecule has 1 aliphatic carbocycles. The van der Waals surface area contributed by atoms with Gasteiger partial charge in [-0.05, 0) is 50.2 Å². The van der Waals surface area contributed by atoms with Crippen molar-refractivity contribution in [2.24, 2.45) is 11.7 Å². The number of phenolic OH excluding ortho intramolecular Hbond substituents is 1. The maximum Gasteiger partial charge on any atom is 0.161 e. The molecule has 1 aromatic carbocycles. The summed E-state index contributed by atoms with van der Waals surface area (Å²) in [7, 11) is 0. The van der Waals surface area contributed by atoms with Crippen LogP contribution >= 0.6 is 0 Å². The molecule has 0 aliphatic heterocycles. The van der Waals surface area contributed by atoms with Crippen LogP contribution in [-0.4, -0.2) is 24.3 Å². The van der Waals surface area contributed by atoms with E-state index in [2.05, 4.69) is 12.2 Å². The lowest BCUT2D eigenvalue weighted by molar-refractivity contribution is 0.293. The summed E-state index contributed by atoms with van der Waals surface area (Å²) in [5.74, 6) is 1.46. The van der Waals surface area contributed by atoms with Crippen molar-refractivity contribution in [2.45, 2.75) is 51.5 Å². The first-order valence-electron chi connectivity index (χ1n) is 8.14. The standard InChI is InChI=1S/C17H28N2O2/c1-2-3-10-21-17-9-8-15(11-16(17)20)19-12-13-4-6-14(18)7-5-13/h8-9,11,13-14,19-20H,2-7,10,12,18H2,1H3. The molecular weight excluding hydrogens is 264 g/mol. The summed E-state index contributed by atoms with van der Waals surface area (Å²) in [6, 6.07) is 5.94. The van der Waals surface area contributed by atoms with Crippen LogP contribution in [0.15, 0.2) is 18.2 Å². The van der Waals surface area contributed by atoms with Gasteiger partial charge < -0.3 is 20.9 Å². The number of aromatic hydroxyl groups is 1. The number of hydrogen-bond donors (Lipinski definition) is 3. The van der Waals surface area contributed by atoms with Crippen molar-refractivity contribution >= 4 is 5.69 Å². The van der Waals surface area contributed by atoms with Crippen LogP contribution in [0.4, 0.5) is 5.69 Å². The Morgan fingerprint density at radius 3 is 2.71 bits per heavy atom. The molecule has 0 unspecified atom stereocenters. The number of unbranched alkanes of at least 4 members (excludes halogenated alkanes) is 1. The molecule has 118 valence electrons. The van der Waals surface area contributed by atoms with E-state index < -0.39 is 0 Å². The van der Waals surface area contributed by atoms with E-state index in [9.17, 15) is 5.11 Å². The predicted molar refractivity (Wildman–Crippen MR) is 86.9 cm³/mol. The van der Waals surface area contributed by atoms with Crippen LogP contribution in [0.2, 0.25) is 0 Å². The number of nitrogens with two attached hydrogens (primary N) is 1. The fourth-order valence-corrected chi connectivity index (χ4v) is 2.73. The summed E-state index contributed by atoms with van der Waals surface area (Å²) >= 11 is 0. The summed E-state index contributed by atoms with van der Waals surface area (Å²) in [5.41, 5.74) is 6.87. The van der Waals surface area contributed by atoms with Crippen molar-refractivity contribution < 1.29 is 9.84 Å². The molecule has 1 fully saturated rings. The highest BCUT2D eigenvalue weighted by atomic mass is 16.5. The third kappa shape index (κ3) is 5.12. The van der Waals surface area contributed by atoms with Gasteiger partial charge in [0.2, 0.25) is 0 Å². The van der Waals surface area contributed by atoms with E-state index >= 15 is 0 Å². The molecule has 1 saturated carbocycles. The molecule has 0 amide bonds. The second-order valence-electron chi connectivity index (χ2n) is 6.05. The Kier molecular flexibility index (Phi) is 6.18. The Balaban J connectivity index is 1.79. The molecule has 0 aromatic heterocycles. The SMILES string of the molecule is CCCCOc1ccc(NCC2CCC(N)CC2)cc1O. The summed E-state index contributed by atoms with van der Waals surface area (Å²) in [5, 5.41) is 13.4. The summed E-state index contributed by atoms with van der Waals surface area (Å²) in [6.45, 7) is 3.72. The van der Waals surface area contributed by atoms with Crippen molar-refractivity contribution in [3.05, 3.63) is 18.2 Å². The summed E-state index contributed by atoms with van der Waals surface area (Å²) in [4.78, 5) is 0. The average molecular weight is 292 g/mol. The van der Waals surface area contributed by atoms with Gasteiger partial charge in [-0.3, -0.25) is 0 Å². The third-order valence-electron chi connectivity index (χ3n) is 4.20. The minimum Gasteiger partial charge on any atom is -0.504 e. The van der Waals surface area contributed by atoms with Crippen LogP contribution < -0.4 is 15.8 Å². The van der Waals surface area contributed by atoms with Crippen LogP contribution in [0.25, 0.3) is 0 Å². The molecule has 0 heterocycles. The Morgan fingerprint density at radius 2 is 2.05 bits per heavy atom. The van der Waals surface area contributed by atoms with Crippen LogP contribution in [0.3, 0.4) is 0 Å². The molecule has 2 rings (SSSR count). The molecule has 1 aromatic rings. The monoisotopic (exact) mass is 292 g/mol. The minimum absolute atomic E-state index is 0.210. The average Bonchev–Trinajstić information content (AvgIpc) is 2.49. The van der Waals surface area contributed by atoms with E-state index in [4.69, 9.17) is 10.5 Å². The maximum atomic E-state index is 9.98. The van der Waals surface area contributed by atoms with Crippen LogP contribution in [0, 0.1) is 5.92 Å². The molecule has 0 atom stereocenters. The largest absolute Gasteiger partial charge is 0.504 e.